The molecule has 0 saturated carbocycles. The van der Waals surface area contributed by atoms with Gasteiger partial charge in [0.25, 0.3) is 0 Å². The van der Waals surface area contributed by atoms with Crippen LogP contribution in [0, 0.1) is 0 Å². The lowest BCUT2D eigenvalue weighted by Gasteiger charge is -2.09. The second kappa shape index (κ2) is 9.16. The smallest absolute Gasteiger partial charge is 0.105 e. The fraction of sp³-hybridized carbons (Fsp3) is 0.533. The Labute approximate surface area is 126 Å². The first-order chi connectivity index (χ1) is 9.15. The maximum atomic E-state index is 6.11. The number of unbranched alkanes of at least 4 members (excludes halogenated alkanes) is 5. The van der Waals surface area contributed by atoms with E-state index in [4.69, 9.17) is 29.6 Å². The zero-order chi connectivity index (χ0) is 14.1. The van der Waals surface area contributed by atoms with Crippen LogP contribution < -0.4 is 11.1 Å². The highest BCUT2D eigenvalue weighted by Gasteiger charge is 2.03. The van der Waals surface area contributed by atoms with Gasteiger partial charge in [0.05, 0.1) is 5.02 Å². The molecule has 0 amide bonds. The molecule has 0 aromatic heterocycles. The standard InChI is InChI=1S/C15H23ClN2S/c1-2-3-4-5-6-7-10-18-12-8-9-13(15(17)19)14(16)11-12/h8-9,11,18H,2-7,10H2,1H3,(H2,17,19). The van der Waals surface area contributed by atoms with Crippen molar-refractivity contribution in [2.24, 2.45) is 5.73 Å². The average molecular weight is 299 g/mol. The van der Waals surface area contributed by atoms with E-state index >= 15 is 0 Å². The van der Waals surface area contributed by atoms with Crippen molar-refractivity contribution in [3.05, 3.63) is 28.8 Å². The van der Waals surface area contributed by atoms with Crippen LogP contribution in [0.4, 0.5) is 5.69 Å². The molecule has 3 N–H and O–H groups in total. The van der Waals surface area contributed by atoms with Gasteiger partial charge in [-0.2, -0.15) is 0 Å². The van der Waals surface area contributed by atoms with E-state index in [0.29, 0.717) is 10.0 Å². The summed E-state index contributed by atoms with van der Waals surface area (Å²) in [4.78, 5) is 0.340. The van der Waals surface area contributed by atoms with E-state index in [0.717, 1.165) is 17.8 Å². The highest BCUT2D eigenvalue weighted by atomic mass is 35.5. The lowest BCUT2D eigenvalue weighted by atomic mass is 10.1. The van der Waals surface area contributed by atoms with Crippen molar-refractivity contribution in [3.63, 3.8) is 0 Å². The van der Waals surface area contributed by atoms with Crippen molar-refractivity contribution in [2.75, 3.05) is 11.9 Å². The Hall–Kier alpha value is -0.800. The molecule has 1 aromatic rings. The predicted molar refractivity (Wildman–Crippen MR) is 89.2 cm³/mol. The average Bonchev–Trinajstić information content (AvgIpc) is 2.37. The summed E-state index contributed by atoms with van der Waals surface area (Å²) in [6, 6.07) is 5.72. The molecule has 106 valence electrons. The molecule has 0 atom stereocenters. The van der Waals surface area contributed by atoms with Gasteiger partial charge in [-0.25, -0.2) is 0 Å². The minimum absolute atomic E-state index is 0.340. The molecule has 1 aromatic carbocycles. The molecule has 0 fully saturated rings. The van der Waals surface area contributed by atoms with Crippen LogP contribution in [0.3, 0.4) is 0 Å². The van der Waals surface area contributed by atoms with Gasteiger partial charge in [0.2, 0.25) is 0 Å². The molecule has 19 heavy (non-hydrogen) atoms. The van der Waals surface area contributed by atoms with Crippen molar-refractivity contribution in [3.8, 4) is 0 Å². The summed E-state index contributed by atoms with van der Waals surface area (Å²) in [7, 11) is 0. The number of rotatable bonds is 9. The lowest BCUT2D eigenvalue weighted by Crippen LogP contribution is -2.10. The third kappa shape index (κ3) is 6.26. The molecule has 0 bridgehead atoms. The number of benzene rings is 1. The Kier molecular flexibility index (Phi) is 7.84. The van der Waals surface area contributed by atoms with Crippen molar-refractivity contribution >= 4 is 34.5 Å². The summed E-state index contributed by atoms with van der Waals surface area (Å²) in [5, 5.41) is 3.99. The van der Waals surface area contributed by atoms with Crippen LogP contribution in [0.15, 0.2) is 18.2 Å². The predicted octanol–water partition coefficient (Wildman–Crippen LogP) is 4.75. The second-order valence-electron chi connectivity index (χ2n) is 4.75. The molecule has 2 nitrogen and oxygen atoms in total. The van der Waals surface area contributed by atoms with Crippen LogP contribution in [0.1, 0.15) is 51.0 Å². The molecule has 0 unspecified atom stereocenters. The van der Waals surface area contributed by atoms with Gasteiger partial charge in [-0.1, -0.05) is 62.8 Å². The van der Waals surface area contributed by atoms with E-state index < -0.39 is 0 Å². The molecule has 0 spiro atoms. The maximum Gasteiger partial charge on any atom is 0.105 e. The van der Waals surface area contributed by atoms with Gasteiger partial charge in [0, 0.05) is 17.8 Å². The summed E-state index contributed by atoms with van der Waals surface area (Å²) in [6.45, 7) is 3.22. The lowest BCUT2D eigenvalue weighted by molar-refractivity contribution is 0.617. The van der Waals surface area contributed by atoms with E-state index in [1.54, 1.807) is 0 Å². The van der Waals surface area contributed by atoms with Gasteiger partial charge in [0.15, 0.2) is 0 Å². The normalized spacial score (nSPS) is 10.4. The monoisotopic (exact) mass is 298 g/mol. The Morgan fingerprint density at radius 2 is 1.89 bits per heavy atom. The summed E-state index contributed by atoms with van der Waals surface area (Å²) in [5.41, 5.74) is 7.34. The van der Waals surface area contributed by atoms with Gasteiger partial charge >= 0.3 is 0 Å². The quantitative estimate of drug-likeness (QED) is 0.510. The zero-order valence-electron chi connectivity index (χ0n) is 11.5. The summed E-state index contributed by atoms with van der Waals surface area (Å²) in [6.07, 6.45) is 7.81. The van der Waals surface area contributed by atoms with E-state index in [2.05, 4.69) is 12.2 Å². The van der Waals surface area contributed by atoms with Crippen LogP contribution in [-0.2, 0) is 0 Å². The first-order valence-corrected chi connectivity index (χ1v) is 7.77. The number of hydrogen-bond donors (Lipinski definition) is 2. The SMILES string of the molecule is CCCCCCCCNc1ccc(C(N)=S)c(Cl)c1. The fourth-order valence-electron chi connectivity index (χ4n) is 1.96. The molecule has 0 aliphatic carbocycles. The van der Waals surface area contributed by atoms with Crippen molar-refractivity contribution in [1.82, 2.24) is 0 Å². The summed E-state index contributed by atoms with van der Waals surface area (Å²) >= 11 is 11.0. The number of nitrogens with two attached hydrogens (primary N) is 1. The Morgan fingerprint density at radius 3 is 2.53 bits per heavy atom. The number of thiocarbonyl (C=S) groups is 1. The van der Waals surface area contributed by atoms with Crippen molar-refractivity contribution in [1.29, 1.82) is 0 Å². The number of halogens is 1. The van der Waals surface area contributed by atoms with Gasteiger partial charge in [-0.05, 0) is 24.6 Å². The van der Waals surface area contributed by atoms with E-state index in [9.17, 15) is 0 Å². The van der Waals surface area contributed by atoms with Gasteiger partial charge in [-0.15, -0.1) is 0 Å². The van der Waals surface area contributed by atoms with Crippen LogP contribution >= 0.6 is 23.8 Å². The van der Waals surface area contributed by atoms with Crippen molar-refractivity contribution in [2.45, 2.75) is 45.4 Å². The molecular formula is C15H23ClN2S. The number of hydrogen-bond acceptors (Lipinski definition) is 2. The van der Waals surface area contributed by atoms with E-state index in [-0.39, 0.29) is 0 Å². The Morgan fingerprint density at radius 1 is 1.21 bits per heavy atom. The molecule has 0 aliphatic rings. The van der Waals surface area contributed by atoms with Crippen LogP contribution in [-0.4, -0.2) is 11.5 Å². The van der Waals surface area contributed by atoms with Crippen LogP contribution in [0.5, 0.6) is 0 Å². The summed E-state index contributed by atoms with van der Waals surface area (Å²) < 4.78 is 0. The number of nitrogens with one attached hydrogen (secondary N) is 1. The molecular weight excluding hydrogens is 276 g/mol. The van der Waals surface area contributed by atoms with Gasteiger partial charge in [-0.3, -0.25) is 0 Å². The minimum atomic E-state index is 0.340. The van der Waals surface area contributed by atoms with Crippen LogP contribution in [0.2, 0.25) is 5.02 Å². The molecule has 0 aliphatic heterocycles. The van der Waals surface area contributed by atoms with Crippen molar-refractivity contribution < 1.29 is 0 Å². The molecule has 0 saturated heterocycles. The topological polar surface area (TPSA) is 38.0 Å². The molecule has 4 heteroatoms. The van der Waals surface area contributed by atoms with Gasteiger partial charge < -0.3 is 11.1 Å². The first kappa shape index (κ1) is 16.3. The Bertz CT molecular complexity index is 407. The largest absolute Gasteiger partial charge is 0.389 e. The fourth-order valence-corrected chi connectivity index (χ4v) is 2.48. The molecule has 1 rings (SSSR count). The third-order valence-electron chi connectivity index (χ3n) is 3.09. The summed E-state index contributed by atoms with van der Waals surface area (Å²) in [5.74, 6) is 0. The minimum Gasteiger partial charge on any atom is -0.389 e. The van der Waals surface area contributed by atoms with Gasteiger partial charge in [0.1, 0.15) is 4.99 Å². The second-order valence-corrected chi connectivity index (χ2v) is 5.60. The first-order valence-electron chi connectivity index (χ1n) is 6.98. The Balaban J connectivity index is 2.26. The number of anilines is 1. The zero-order valence-corrected chi connectivity index (χ0v) is 13.1. The van der Waals surface area contributed by atoms with E-state index in [1.165, 1.54) is 38.5 Å². The highest BCUT2D eigenvalue weighted by molar-refractivity contribution is 7.80. The highest BCUT2D eigenvalue weighted by Crippen LogP contribution is 2.21. The molecule has 0 radical (unpaired) electrons. The third-order valence-corrected chi connectivity index (χ3v) is 3.63. The van der Waals surface area contributed by atoms with E-state index in [1.807, 2.05) is 18.2 Å². The molecule has 0 heterocycles. The maximum absolute atomic E-state index is 6.11. The van der Waals surface area contributed by atoms with Crippen LogP contribution in [0.25, 0.3) is 0 Å².